The summed E-state index contributed by atoms with van der Waals surface area (Å²) < 4.78 is 2.84. The molecule has 1 aliphatic heterocycles. The minimum atomic E-state index is 0.265. The summed E-state index contributed by atoms with van der Waals surface area (Å²) in [5, 5.41) is 17.0. The SMILES string of the molecule is Oc1ccc(-n2nc3c(c2Br)CNC3)cc1. The maximum Gasteiger partial charge on any atom is 0.115 e. The average molecular weight is 280 g/mol. The number of hydrogen-bond acceptors (Lipinski definition) is 3. The van der Waals surface area contributed by atoms with Crippen LogP contribution in [0, 0.1) is 0 Å². The number of benzene rings is 1. The van der Waals surface area contributed by atoms with Crippen LogP contribution in [-0.4, -0.2) is 14.9 Å². The summed E-state index contributed by atoms with van der Waals surface area (Å²) in [6.45, 7) is 1.67. The maximum absolute atomic E-state index is 9.24. The Hall–Kier alpha value is -1.33. The summed E-state index contributed by atoms with van der Waals surface area (Å²) in [6, 6.07) is 7.00. The Balaban J connectivity index is 2.10. The average Bonchev–Trinajstić information content (AvgIpc) is 2.84. The van der Waals surface area contributed by atoms with Crippen LogP contribution in [0.25, 0.3) is 5.69 Å². The first-order chi connectivity index (χ1) is 7.75. The van der Waals surface area contributed by atoms with Gasteiger partial charge >= 0.3 is 0 Å². The number of phenolic OH excluding ortho intramolecular Hbond substituents is 1. The lowest BCUT2D eigenvalue weighted by Gasteiger charge is -2.04. The number of aromatic nitrogens is 2. The third-order valence-electron chi connectivity index (χ3n) is 2.69. The van der Waals surface area contributed by atoms with E-state index in [1.165, 1.54) is 5.56 Å². The Morgan fingerprint density at radius 1 is 1.25 bits per heavy atom. The van der Waals surface area contributed by atoms with Crippen molar-refractivity contribution in [3.05, 3.63) is 40.1 Å². The first kappa shape index (κ1) is 9.86. The third kappa shape index (κ3) is 1.44. The third-order valence-corrected chi connectivity index (χ3v) is 3.51. The molecule has 1 aromatic carbocycles. The topological polar surface area (TPSA) is 50.1 Å². The largest absolute Gasteiger partial charge is 0.508 e. The standard InChI is InChI=1S/C11H10BrN3O/c12-11-9-5-13-6-10(9)14-15(11)7-1-3-8(16)4-2-7/h1-4,13,16H,5-6H2. The molecule has 0 bridgehead atoms. The molecule has 5 heteroatoms. The zero-order valence-corrected chi connectivity index (χ0v) is 10.0. The highest BCUT2D eigenvalue weighted by molar-refractivity contribution is 9.10. The van der Waals surface area contributed by atoms with Crippen molar-refractivity contribution in [2.45, 2.75) is 13.1 Å². The molecule has 2 N–H and O–H groups in total. The van der Waals surface area contributed by atoms with E-state index in [2.05, 4.69) is 26.3 Å². The molecule has 0 saturated carbocycles. The molecular weight excluding hydrogens is 270 g/mol. The predicted octanol–water partition coefficient (Wildman–Crippen LogP) is 1.94. The molecule has 1 aromatic heterocycles. The van der Waals surface area contributed by atoms with Crippen LogP contribution in [0.1, 0.15) is 11.3 Å². The van der Waals surface area contributed by atoms with Gasteiger partial charge in [0.2, 0.25) is 0 Å². The number of phenols is 1. The molecule has 16 heavy (non-hydrogen) atoms. The van der Waals surface area contributed by atoms with Gasteiger partial charge in [0.15, 0.2) is 0 Å². The molecular formula is C11H10BrN3O. The summed E-state index contributed by atoms with van der Waals surface area (Å²) in [7, 11) is 0. The van der Waals surface area contributed by atoms with E-state index in [0.717, 1.165) is 29.1 Å². The number of fused-ring (bicyclic) bond motifs is 1. The van der Waals surface area contributed by atoms with Crippen molar-refractivity contribution in [1.29, 1.82) is 0 Å². The predicted molar refractivity (Wildman–Crippen MR) is 63.5 cm³/mol. The molecule has 0 aliphatic carbocycles. The highest BCUT2D eigenvalue weighted by atomic mass is 79.9. The molecule has 2 heterocycles. The fourth-order valence-corrected chi connectivity index (χ4v) is 2.51. The molecule has 0 amide bonds. The molecule has 0 fully saturated rings. The molecule has 4 nitrogen and oxygen atoms in total. The van der Waals surface area contributed by atoms with Gasteiger partial charge in [-0.2, -0.15) is 5.10 Å². The Bertz CT molecular complexity index is 533. The second-order valence-electron chi connectivity index (χ2n) is 3.75. The number of nitrogens with zero attached hydrogens (tertiary/aromatic N) is 2. The normalized spacial score (nSPS) is 14.1. The van der Waals surface area contributed by atoms with E-state index in [9.17, 15) is 5.11 Å². The van der Waals surface area contributed by atoms with Gasteiger partial charge in [0.25, 0.3) is 0 Å². The van der Waals surface area contributed by atoms with Gasteiger partial charge in [-0.1, -0.05) is 0 Å². The highest BCUT2D eigenvalue weighted by Crippen LogP contribution is 2.27. The van der Waals surface area contributed by atoms with Crippen LogP contribution in [-0.2, 0) is 13.1 Å². The van der Waals surface area contributed by atoms with Crippen LogP contribution in [0.4, 0.5) is 0 Å². The van der Waals surface area contributed by atoms with Gasteiger partial charge in [-0.3, -0.25) is 0 Å². The second-order valence-corrected chi connectivity index (χ2v) is 4.50. The monoisotopic (exact) mass is 279 g/mol. The molecule has 0 radical (unpaired) electrons. The fraction of sp³-hybridized carbons (Fsp3) is 0.182. The zero-order chi connectivity index (χ0) is 11.1. The van der Waals surface area contributed by atoms with Crippen LogP contribution >= 0.6 is 15.9 Å². The van der Waals surface area contributed by atoms with Crippen molar-refractivity contribution in [1.82, 2.24) is 15.1 Å². The van der Waals surface area contributed by atoms with Crippen molar-refractivity contribution in [2.75, 3.05) is 0 Å². The minimum Gasteiger partial charge on any atom is -0.508 e. The molecule has 82 valence electrons. The van der Waals surface area contributed by atoms with E-state index in [1.54, 1.807) is 12.1 Å². The van der Waals surface area contributed by atoms with Crippen molar-refractivity contribution < 1.29 is 5.11 Å². The van der Waals surface area contributed by atoms with Crippen LogP contribution in [0.3, 0.4) is 0 Å². The fourth-order valence-electron chi connectivity index (χ4n) is 1.86. The van der Waals surface area contributed by atoms with E-state index >= 15 is 0 Å². The number of rotatable bonds is 1. The Kier molecular flexibility index (Phi) is 2.22. The van der Waals surface area contributed by atoms with Gasteiger partial charge in [0, 0.05) is 18.7 Å². The van der Waals surface area contributed by atoms with E-state index in [-0.39, 0.29) is 5.75 Å². The Morgan fingerprint density at radius 2 is 2.00 bits per heavy atom. The van der Waals surface area contributed by atoms with E-state index < -0.39 is 0 Å². The van der Waals surface area contributed by atoms with Crippen molar-refractivity contribution in [3.63, 3.8) is 0 Å². The van der Waals surface area contributed by atoms with Crippen LogP contribution < -0.4 is 5.32 Å². The molecule has 0 spiro atoms. The first-order valence-corrected chi connectivity index (χ1v) is 5.81. The van der Waals surface area contributed by atoms with Crippen molar-refractivity contribution >= 4 is 15.9 Å². The van der Waals surface area contributed by atoms with Gasteiger partial charge < -0.3 is 10.4 Å². The Morgan fingerprint density at radius 3 is 2.69 bits per heavy atom. The summed E-state index contributed by atoms with van der Waals surface area (Å²) in [4.78, 5) is 0. The molecule has 0 atom stereocenters. The summed E-state index contributed by atoms with van der Waals surface area (Å²) in [5.74, 6) is 0.265. The number of aromatic hydroxyl groups is 1. The van der Waals surface area contributed by atoms with Gasteiger partial charge in [0.1, 0.15) is 10.4 Å². The molecule has 0 unspecified atom stereocenters. The van der Waals surface area contributed by atoms with Gasteiger partial charge in [-0.25, -0.2) is 4.68 Å². The molecule has 3 rings (SSSR count). The minimum absolute atomic E-state index is 0.265. The summed E-state index contributed by atoms with van der Waals surface area (Å²) in [5.41, 5.74) is 3.24. The van der Waals surface area contributed by atoms with Crippen LogP contribution in [0.5, 0.6) is 5.75 Å². The number of nitrogens with one attached hydrogen (secondary N) is 1. The highest BCUT2D eigenvalue weighted by Gasteiger charge is 2.20. The quantitative estimate of drug-likeness (QED) is 0.839. The van der Waals surface area contributed by atoms with Crippen molar-refractivity contribution in [3.8, 4) is 11.4 Å². The lowest BCUT2D eigenvalue weighted by Crippen LogP contribution is -2.06. The van der Waals surface area contributed by atoms with E-state index in [4.69, 9.17) is 0 Å². The van der Waals surface area contributed by atoms with Gasteiger partial charge in [0.05, 0.1) is 11.4 Å². The van der Waals surface area contributed by atoms with Crippen molar-refractivity contribution in [2.24, 2.45) is 0 Å². The molecule has 0 saturated heterocycles. The number of hydrogen-bond donors (Lipinski definition) is 2. The van der Waals surface area contributed by atoms with Gasteiger partial charge in [-0.15, -0.1) is 0 Å². The molecule has 2 aromatic rings. The lowest BCUT2D eigenvalue weighted by molar-refractivity contribution is 0.475. The smallest absolute Gasteiger partial charge is 0.115 e. The van der Waals surface area contributed by atoms with E-state index in [0.29, 0.717) is 0 Å². The first-order valence-electron chi connectivity index (χ1n) is 5.02. The van der Waals surface area contributed by atoms with Crippen LogP contribution in [0.2, 0.25) is 0 Å². The van der Waals surface area contributed by atoms with E-state index in [1.807, 2.05) is 16.8 Å². The Labute approximate surface area is 101 Å². The summed E-state index contributed by atoms with van der Waals surface area (Å²) in [6.07, 6.45) is 0. The lowest BCUT2D eigenvalue weighted by atomic mass is 10.3. The zero-order valence-electron chi connectivity index (χ0n) is 8.44. The number of halogens is 1. The molecule has 1 aliphatic rings. The van der Waals surface area contributed by atoms with Gasteiger partial charge in [-0.05, 0) is 40.2 Å². The van der Waals surface area contributed by atoms with Crippen LogP contribution in [0.15, 0.2) is 28.9 Å². The second kappa shape index (κ2) is 3.61. The summed E-state index contributed by atoms with van der Waals surface area (Å²) >= 11 is 3.56. The maximum atomic E-state index is 9.24.